The maximum absolute atomic E-state index is 13.4. The number of nitrogens with zero attached hydrogens (tertiary/aromatic N) is 4. The lowest BCUT2D eigenvalue weighted by Crippen LogP contribution is -2.42. The van der Waals surface area contributed by atoms with Crippen molar-refractivity contribution in [2.24, 2.45) is 0 Å². The maximum Gasteiger partial charge on any atom is 0.332 e. The fourth-order valence-corrected chi connectivity index (χ4v) is 3.91. The van der Waals surface area contributed by atoms with E-state index in [1.165, 1.54) is 9.13 Å². The van der Waals surface area contributed by atoms with E-state index in [9.17, 15) is 14.4 Å². The highest BCUT2D eigenvalue weighted by Gasteiger charge is 2.21. The van der Waals surface area contributed by atoms with E-state index in [0.29, 0.717) is 29.0 Å². The minimum absolute atomic E-state index is 0.113. The highest BCUT2D eigenvalue weighted by atomic mass is 16.2. The fourth-order valence-electron chi connectivity index (χ4n) is 3.91. The first kappa shape index (κ1) is 21.3. The second-order valence-corrected chi connectivity index (χ2v) is 7.76. The molecular weight excluding hydrogens is 406 g/mol. The van der Waals surface area contributed by atoms with E-state index in [1.54, 1.807) is 17.7 Å². The van der Waals surface area contributed by atoms with Gasteiger partial charge in [0, 0.05) is 12.2 Å². The Morgan fingerprint density at radius 2 is 1.72 bits per heavy atom. The van der Waals surface area contributed by atoms with Crippen molar-refractivity contribution in [1.82, 2.24) is 18.9 Å². The molecule has 0 unspecified atom stereocenters. The average Bonchev–Trinajstić information content (AvgIpc) is 3.11. The molecule has 1 amide bonds. The zero-order chi connectivity index (χ0) is 22.8. The van der Waals surface area contributed by atoms with Crippen LogP contribution in [0.3, 0.4) is 0 Å². The number of carbonyl (C=O) groups excluding carboxylic acids is 1. The van der Waals surface area contributed by atoms with Gasteiger partial charge in [0.05, 0.1) is 12.2 Å². The topological polar surface area (TPSA) is 90.9 Å². The number of amides is 1. The third-order valence-electron chi connectivity index (χ3n) is 5.36. The summed E-state index contributed by atoms with van der Waals surface area (Å²) in [5.74, 6) is -0.354. The normalized spacial score (nSPS) is 11.1. The minimum Gasteiger partial charge on any atom is -0.325 e. The molecule has 0 saturated heterocycles. The zero-order valence-corrected chi connectivity index (χ0v) is 18.3. The Morgan fingerprint density at radius 3 is 2.41 bits per heavy atom. The van der Waals surface area contributed by atoms with Gasteiger partial charge < -0.3 is 5.32 Å². The molecule has 0 radical (unpaired) electrons. The highest BCUT2D eigenvalue weighted by Crippen LogP contribution is 2.15. The predicted molar refractivity (Wildman–Crippen MR) is 124 cm³/mol. The maximum atomic E-state index is 13.4. The fraction of sp³-hybridized carbons (Fsp3) is 0.250. The second kappa shape index (κ2) is 8.66. The number of rotatable bonds is 6. The van der Waals surface area contributed by atoms with Gasteiger partial charge in [-0.25, -0.2) is 4.79 Å². The molecule has 2 aromatic heterocycles. The molecule has 1 N–H and O–H groups in total. The van der Waals surface area contributed by atoms with E-state index in [-0.39, 0.29) is 19.0 Å². The molecule has 164 valence electrons. The summed E-state index contributed by atoms with van der Waals surface area (Å²) in [5, 5.41) is 7.27. The van der Waals surface area contributed by atoms with Gasteiger partial charge in [0.15, 0.2) is 5.52 Å². The summed E-state index contributed by atoms with van der Waals surface area (Å²) in [6, 6.07) is 16.7. The van der Waals surface area contributed by atoms with Gasteiger partial charge in [-0.15, -0.1) is 0 Å². The predicted octanol–water partition coefficient (Wildman–Crippen LogP) is 2.68. The number of carbonyl (C=O) groups is 1. The van der Waals surface area contributed by atoms with Crippen LogP contribution < -0.4 is 16.6 Å². The third kappa shape index (κ3) is 3.99. The third-order valence-corrected chi connectivity index (χ3v) is 5.36. The number of hydrogen-bond acceptors (Lipinski definition) is 4. The van der Waals surface area contributed by atoms with Crippen LogP contribution in [0.25, 0.3) is 11.0 Å². The van der Waals surface area contributed by atoms with Crippen LogP contribution in [0.2, 0.25) is 0 Å². The van der Waals surface area contributed by atoms with E-state index in [1.807, 2.05) is 62.4 Å². The van der Waals surface area contributed by atoms with Crippen molar-refractivity contribution in [3.63, 3.8) is 0 Å². The summed E-state index contributed by atoms with van der Waals surface area (Å²) in [7, 11) is 0. The van der Waals surface area contributed by atoms with Crippen molar-refractivity contribution >= 4 is 22.6 Å². The minimum atomic E-state index is -0.538. The first-order chi connectivity index (χ1) is 15.4. The first-order valence-corrected chi connectivity index (χ1v) is 10.5. The SMILES string of the molecule is CCn1nc(C)c2c1c(=O)n(Cc1ccccc1)c(=O)n2CC(=O)Nc1cccc(C)c1. The summed E-state index contributed by atoms with van der Waals surface area (Å²) in [5.41, 5.74) is 2.79. The Balaban J connectivity index is 1.83. The Kier molecular flexibility index (Phi) is 5.77. The molecule has 0 aliphatic carbocycles. The molecule has 0 atom stereocenters. The van der Waals surface area contributed by atoms with Crippen LogP contribution in [0, 0.1) is 13.8 Å². The van der Waals surface area contributed by atoms with E-state index >= 15 is 0 Å². The number of benzene rings is 2. The summed E-state index contributed by atoms with van der Waals surface area (Å²) >= 11 is 0. The lowest BCUT2D eigenvalue weighted by atomic mass is 10.2. The Labute approximate surface area is 184 Å². The van der Waals surface area contributed by atoms with E-state index in [2.05, 4.69) is 10.4 Å². The number of anilines is 1. The van der Waals surface area contributed by atoms with Crippen LogP contribution in [-0.4, -0.2) is 24.8 Å². The molecule has 0 spiro atoms. The molecule has 2 heterocycles. The molecule has 4 rings (SSSR count). The van der Waals surface area contributed by atoms with Crippen molar-refractivity contribution < 1.29 is 4.79 Å². The van der Waals surface area contributed by atoms with Crippen molar-refractivity contribution in [3.05, 3.63) is 92.3 Å². The van der Waals surface area contributed by atoms with Crippen LogP contribution in [0.1, 0.15) is 23.7 Å². The van der Waals surface area contributed by atoms with Crippen molar-refractivity contribution in [2.45, 2.75) is 40.4 Å². The zero-order valence-electron chi connectivity index (χ0n) is 18.3. The number of aryl methyl sites for hydroxylation is 3. The smallest absolute Gasteiger partial charge is 0.325 e. The largest absolute Gasteiger partial charge is 0.332 e. The lowest BCUT2D eigenvalue weighted by Gasteiger charge is -2.13. The van der Waals surface area contributed by atoms with Gasteiger partial charge in [-0.2, -0.15) is 5.10 Å². The van der Waals surface area contributed by atoms with Crippen LogP contribution in [0.5, 0.6) is 0 Å². The first-order valence-electron chi connectivity index (χ1n) is 10.5. The van der Waals surface area contributed by atoms with Crippen molar-refractivity contribution in [3.8, 4) is 0 Å². The quantitative estimate of drug-likeness (QED) is 0.508. The van der Waals surface area contributed by atoms with E-state index in [4.69, 9.17) is 0 Å². The molecule has 8 nitrogen and oxygen atoms in total. The highest BCUT2D eigenvalue weighted by molar-refractivity contribution is 5.91. The average molecular weight is 431 g/mol. The number of nitrogens with one attached hydrogen (secondary N) is 1. The van der Waals surface area contributed by atoms with E-state index in [0.717, 1.165) is 11.1 Å². The summed E-state index contributed by atoms with van der Waals surface area (Å²) in [4.78, 5) is 39.6. The Morgan fingerprint density at radius 1 is 0.969 bits per heavy atom. The molecular formula is C24H25N5O3. The van der Waals surface area contributed by atoms with Gasteiger partial charge in [0.2, 0.25) is 5.91 Å². The van der Waals surface area contributed by atoms with Gasteiger partial charge in [-0.1, -0.05) is 42.5 Å². The molecule has 0 aliphatic heterocycles. The molecule has 0 fully saturated rings. The Hall–Kier alpha value is -3.94. The molecule has 0 aliphatic rings. The number of fused-ring (bicyclic) bond motifs is 1. The van der Waals surface area contributed by atoms with Gasteiger partial charge in [0.1, 0.15) is 12.1 Å². The van der Waals surface area contributed by atoms with Gasteiger partial charge in [-0.3, -0.25) is 23.4 Å². The molecule has 0 bridgehead atoms. The van der Waals surface area contributed by atoms with Crippen LogP contribution in [0.15, 0.2) is 64.2 Å². The summed E-state index contributed by atoms with van der Waals surface area (Å²) in [6.07, 6.45) is 0. The molecule has 4 aromatic rings. The van der Waals surface area contributed by atoms with Crippen molar-refractivity contribution in [1.29, 1.82) is 0 Å². The van der Waals surface area contributed by atoms with Crippen molar-refractivity contribution in [2.75, 3.05) is 5.32 Å². The van der Waals surface area contributed by atoms with Crippen LogP contribution in [0.4, 0.5) is 5.69 Å². The number of hydrogen-bond donors (Lipinski definition) is 1. The van der Waals surface area contributed by atoms with Gasteiger partial charge >= 0.3 is 5.69 Å². The summed E-state index contributed by atoms with van der Waals surface area (Å²) in [6.45, 7) is 5.91. The number of aromatic nitrogens is 4. The molecule has 0 saturated carbocycles. The monoisotopic (exact) mass is 431 g/mol. The molecule has 8 heteroatoms. The molecule has 2 aromatic carbocycles. The standard InChI is InChI=1S/C24H25N5O3/c1-4-29-22-21(17(3)26-29)27(15-20(30)25-19-12-8-9-16(2)13-19)24(32)28(23(22)31)14-18-10-6-5-7-11-18/h5-13H,4,14-15H2,1-3H3,(H,25,30). The van der Waals surface area contributed by atoms with Gasteiger partial charge in [-0.05, 0) is 44.0 Å². The Bertz CT molecular complexity index is 1410. The molecule has 32 heavy (non-hydrogen) atoms. The van der Waals surface area contributed by atoms with E-state index < -0.39 is 11.2 Å². The van der Waals surface area contributed by atoms with Crippen LogP contribution >= 0.6 is 0 Å². The lowest BCUT2D eigenvalue weighted by molar-refractivity contribution is -0.116. The van der Waals surface area contributed by atoms with Crippen LogP contribution in [-0.2, 0) is 24.4 Å². The summed E-state index contributed by atoms with van der Waals surface area (Å²) < 4.78 is 4.10. The van der Waals surface area contributed by atoms with Gasteiger partial charge in [0.25, 0.3) is 5.56 Å². The second-order valence-electron chi connectivity index (χ2n) is 7.76.